The summed E-state index contributed by atoms with van der Waals surface area (Å²) in [5, 5.41) is 5.27. The minimum atomic E-state index is 0.535. The molecule has 0 atom stereocenters. The van der Waals surface area contributed by atoms with Gasteiger partial charge in [0, 0.05) is 56.5 Å². The summed E-state index contributed by atoms with van der Waals surface area (Å²) >= 11 is 1.77. The first-order valence-electron chi connectivity index (χ1n) is 8.62. The van der Waals surface area contributed by atoms with Gasteiger partial charge in [0.1, 0.15) is 0 Å². The molecule has 3 rings (SSSR count). The lowest BCUT2D eigenvalue weighted by Gasteiger charge is -2.34. The van der Waals surface area contributed by atoms with Crippen molar-refractivity contribution >= 4 is 23.2 Å². The molecule has 3 N–H and O–H groups in total. The molecular weight excluding hydrogens is 334 g/mol. The highest BCUT2D eigenvalue weighted by Crippen LogP contribution is 2.09. The van der Waals surface area contributed by atoms with Crippen molar-refractivity contribution < 1.29 is 0 Å². The Morgan fingerprint density at radius 2 is 2.00 bits per heavy atom. The normalized spacial score (nSPS) is 16.2. The van der Waals surface area contributed by atoms with Crippen molar-refractivity contribution in [2.75, 3.05) is 50.7 Å². The van der Waals surface area contributed by atoms with E-state index in [1.165, 1.54) is 4.88 Å². The van der Waals surface area contributed by atoms with E-state index in [0.717, 1.165) is 58.2 Å². The molecule has 1 aliphatic rings. The van der Waals surface area contributed by atoms with Gasteiger partial charge in [0.15, 0.2) is 5.96 Å². The fraction of sp³-hybridized carbons (Fsp3) is 0.471. The number of nitrogens with zero attached hydrogens (tertiary/aromatic N) is 5. The molecule has 25 heavy (non-hydrogen) atoms. The van der Waals surface area contributed by atoms with Gasteiger partial charge in [0.2, 0.25) is 5.95 Å². The Kier molecular flexibility index (Phi) is 6.58. The van der Waals surface area contributed by atoms with Crippen molar-refractivity contribution in [1.29, 1.82) is 0 Å². The van der Waals surface area contributed by atoms with Gasteiger partial charge in [-0.2, -0.15) is 0 Å². The third kappa shape index (κ3) is 5.68. The Bertz CT molecular complexity index is 636. The molecule has 0 radical (unpaired) electrons. The van der Waals surface area contributed by atoms with Crippen LogP contribution in [-0.4, -0.2) is 66.6 Å². The van der Waals surface area contributed by atoms with Gasteiger partial charge in [-0.15, -0.1) is 11.3 Å². The largest absolute Gasteiger partial charge is 0.370 e. The zero-order valence-electron chi connectivity index (χ0n) is 14.3. The van der Waals surface area contributed by atoms with Crippen LogP contribution in [0.1, 0.15) is 4.88 Å². The van der Waals surface area contributed by atoms with Crippen LogP contribution in [0.5, 0.6) is 0 Å². The van der Waals surface area contributed by atoms with Gasteiger partial charge in [-0.3, -0.25) is 9.89 Å². The fourth-order valence-corrected chi connectivity index (χ4v) is 3.47. The zero-order chi connectivity index (χ0) is 17.3. The lowest BCUT2D eigenvalue weighted by atomic mass is 10.3. The Morgan fingerprint density at radius 3 is 2.72 bits per heavy atom. The van der Waals surface area contributed by atoms with Gasteiger partial charge in [-0.05, 0) is 23.9 Å². The number of hydrogen-bond donors (Lipinski definition) is 2. The standard InChI is InChI=1S/C17H25N7S/c18-16(19-7-4-15-3-1-14-25-15)20-8-9-23-10-12-24(13-11-23)17-21-5-2-6-22-17/h1-3,5-6,14H,4,7-13H2,(H3,18,19,20). The van der Waals surface area contributed by atoms with Gasteiger partial charge in [-0.1, -0.05) is 6.07 Å². The monoisotopic (exact) mass is 359 g/mol. The second-order valence-corrected chi connectivity index (χ2v) is 6.93. The van der Waals surface area contributed by atoms with E-state index in [0.29, 0.717) is 5.96 Å². The van der Waals surface area contributed by atoms with Crippen molar-refractivity contribution in [1.82, 2.24) is 20.2 Å². The lowest BCUT2D eigenvalue weighted by Crippen LogP contribution is -2.47. The van der Waals surface area contributed by atoms with Gasteiger partial charge in [0.05, 0.1) is 6.54 Å². The third-order valence-electron chi connectivity index (χ3n) is 4.16. The van der Waals surface area contributed by atoms with E-state index in [1.54, 1.807) is 23.7 Å². The second-order valence-electron chi connectivity index (χ2n) is 5.90. The van der Waals surface area contributed by atoms with Crippen molar-refractivity contribution in [2.45, 2.75) is 6.42 Å². The number of anilines is 1. The third-order valence-corrected chi connectivity index (χ3v) is 5.10. The molecule has 3 heterocycles. The highest BCUT2D eigenvalue weighted by atomic mass is 32.1. The first kappa shape index (κ1) is 17.6. The van der Waals surface area contributed by atoms with Crippen LogP contribution < -0.4 is 16.0 Å². The molecule has 2 aromatic heterocycles. The smallest absolute Gasteiger partial charge is 0.225 e. The number of nitrogens with one attached hydrogen (secondary N) is 1. The first-order valence-corrected chi connectivity index (χ1v) is 9.50. The van der Waals surface area contributed by atoms with Crippen molar-refractivity contribution in [3.8, 4) is 0 Å². The van der Waals surface area contributed by atoms with Crippen LogP contribution in [0.4, 0.5) is 5.95 Å². The summed E-state index contributed by atoms with van der Waals surface area (Å²) in [6.07, 6.45) is 4.56. The van der Waals surface area contributed by atoms with Gasteiger partial charge < -0.3 is 16.0 Å². The number of aliphatic imine (C=N–C) groups is 1. The molecule has 1 fully saturated rings. The molecule has 0 amide bonds. The molecule has 8 heteroatoms. The van der Waals surface area contributed by atoms with E-state index in [9.17, 15) is 0 Å². The summed E-state index contributed by atoms with van der Waals surface area (Å²) < 4.78 is 0. The molecule has 2 aromatic rings. The molecule has 0 saturated carbocycles. The maximum atomic E-state index is 5.93. The number of rotatable bonds is 7. The molecule has 0 spiro atoms. The molecule has 1 saturated heterocycles. The van der Waals surface area contributed by atoms with E-state index in [2.05, 4.69) is 47.6 Å². The molecule has 7 nitrogen and oxygen atoms in total. The summed E-state index contributed by atoms with van der Waals surface area (Å²) in [5.41, 5.74) is 5.93. The average Bonchev–Trinajstić information content (AvgIpc) is 3.16. The molecule has 134 valence electrons. The van der Waals surface area contributed by atoms with Crippen LogP contribution in [0.25, 0.3) is 0 Å². The number of guanidine groups is 1. The predicted octanol–water partition coefficient (Wildman–Crippen LogP) is 0.807. The van der Waals surface area contributed by atoms with Gasteiger partial charge >= 0.3 is 0 Å². The molecule has 1 aliphatic heterocycles. The number of nitrogens with two attached hydrogens (primary N) is 1. The van der Waals surface area contributed by atoms with E-state index >= 15 is 0 Å². The van der Waals surface area contributed by atoms with Crippen molar-refractivity contribution in [2.24, 2.45) is 10.7 Å². The topological polar surface area (TPSA) is 82.7 Å². The van der Waals surface area contributed by atoms with Crippen LogP contribution in [0.15, 0.2) is 41.0 Å². The van der Waals surface area contributed by atoms with Crippen LogP contribution in [0, 0.1) is 0 Å². The molecule has 0 unspecified atom stereocenters. The minimum Gasteiger partial charge on any atom is -0.370 e. The summed E-state index contributed by atoms with van der Waals surface area (Å²) in [4.78, 5) is 19.0. The Balaban J connectivity index is 1.31. The Morgan fingerprint density at radius 1 is 1.20 bits per heavy atom. The summed E-state index contributed by atoms with van der Waals surface area (Å²) in [7, 11) is 0. The van der Waals surface area contributed by atoms with Crippen LogP contribution in [0.3, 0.4) is 0 Å². The second kappa shape index (κ2) is 9.33. The summed E-state index contributed by atoms with van der Waals surface area (Å²) in [6.45, 7) is 6.37. The average molecular weight is 360 g/mol. The number of thiophene rings is 1. The highest BCUT2D eigenvalue weighted by molar-refractivity contribution is 7.09. The maximum absolute atomic E-state index is 5.93. The first-order chi connectivity index (χ1) is 12.3. The van der Waals surface area contributed by atoms with E-state index in [4.69, 9.17) is 5.73 Å². The number of hydrogen-bond acceptors (Lipinski definition) is 6. The number of piperazine rings is 1. The fourth-order valence-electron chi connectivity index (χ4n) is 2.76. The number of aromatic nitrogens is 2. The molecule has 0 aromatic carbocycles. The zero-order valence-corrected chi connectivity index (χ0v) is 15.2. The van der Waals surface area contributed by atoms with Crippen molar-refractivity contribution in [3.63, 3.8) is 0 Å². The van der Waals surface area contributed by atoms with E-state index in [1.807, 2.05) is 6.07 Å². The van der Waals surface area contributed by atoms with Crippen LogP contribution >= 0.6 is 11.3 Å². The van der Waals surface area contributed by atoms with E-state index < -0.39 is 0 Å². The SMILES string of the molecule is NC(=NCCN1CCN(c2ncccn2)CC1)NCCc1cccs1. The Labute approximate surface area is 152 Å². The van der Waals surface area contributed by atoms with Gasteiger partial charge in [0.25, 0.3) is 0 Å². The molecular formula is C17H25N7S. The lowest BCUT2D eigenvalue weighted by molar-refractivity contribution is 0.264. The maximum Gasteiger partial charge on any atom is 0.225 e. The van der Waals surface area contributed by atoms with Gasteiger partial charge in [-0.25, -0.2) is 9.97 Å². The van der Waals surface area contributed by atoms with Crippen LogP contribution in [-0.2, 0) is 6.42 Å². The predicted molar refractivity (Wildman–Crippen MR) is 103 cm³/mol. The molecule has 0 bridgehead atoms. The minimum absolute atomic E-state index is 0.535. The van der Waals surface area contributed by atoms with E-state index in [-0.39, 0.29) is 0 Å². The Hall–Kier alpha value is -2.19. The quantitative estimate of drug-likeness (QED) is 0.562. The molecule has 0 aliphatic carbocycles. The highest BCUT2D eigenvalue weighted by Gasteiger charge is 2.18. The van der Waals surface area contributed by atoms with Crippen LogP contribution in [0.2, 0.25) is 0 Å². The summed E-state index contributed by atoms with van der Waals surface area (Å²) in [5.74, 6) is 1.35. The van der Waals surface area contributed by atoms with Crippen molar-refractivity contribution in [3.05, 3.63) is 40.8 Å². The summed E-state index contributed by atoms with van der Waals surface area (Å²) in [6, 6.07) is 6.05.